The van der Waals surface area contributed by atoms with Gasteiger partial charge < -0.3 is 4.98 Å². The summed E-state index contributed by atoms with van der Waals surface area (Å²) in [7, 11) is 0. The summed E-state index contributed by atoms with van der Waals surface area (Å²) in [5, 5.41) is 13.8. The van der Waals surface area contributed by atoms with E-state index in [0.29, 0.717) is 19.6 Å². The first kappa shape index (κ1) is 24.6. The van der Waals surface area contributed by atoms with Crippen molar-refractivity contribution in [2.24, 2.45) is 0 Å². The van der Waals surface area contributed by atoms with E-state index in [1.165, 1.54) is 11.1 Å². The van der Waals surface area contributed by atoms with Gasteiger partial charge in [-0.2, -0.15) is 0 Å². The van der Waals surface area contributed by atoms with Gasteiger partial charge in [0.2, 0.25) is 0 Å². The Bertz CT molecular complexity index is 1540. The van der Waals surface area contributed by atoms with Crippen molar-refractivity contribution in [3.05, 3.63) is 123 Å². The standard InChI is InChI=1S/C30H32N6O/c1-4-28(29-32-33-34-36(29)19-23-8-6-5-7-9-23)35(18-24-13-10-21(2)11-14-24)20-26-17-25-15-12-22(3)16-27(25)31-30(26)37/h5-17,28H,4,18-20H2,1-3H3,(H,31,37)/t28-/m1/s1. The number of H-pyrrole nitrogens is 1. The molecule has 0 aliphatic heterocycles. The van der Waals surface area contributed by atoms with Crippen molar-refractivity contribution in [3.63, 3.8) is 0 Å². The van der Waals surface area contributed by atoms with Crippen LogP contribution in [-0.2, 0) is 19.6 Å². The fraction of sp³-hybridized carbons (Fsp3) is 0.267. The predicted octanol–water partition coefficient (Wildman–Crippen LogP) is 5.33. The van der Waals surface area contributed by atoms with Gasteiger partial charge in [0.05, 0.1) is 12.6 Å². The van der Waals surface area contributed by atoms with Gasteiger partial charge in [-0.3, -0.25) is 9.69 Å². The number of rotatable bonds is 9. The molecule has 1 atom stereocenters. The number of hydrogen-bond acceptors (Lipinski definition) is 5. The highest BCUT2D eigenvalue weighted by Crippen LogP contribution is 2.27. The number of benzene rings is 3. The number of nitrogens with zero attached hydrogens (tertiary/aromatic N) is 5. The highest BCUT2D eigenvalue weighted by atomic mass is 16.1. The molecule has 0 radical (unpaired) electrons. The van der Waals surface area contributed by atoms with E-state index >= 15 is 0 Å². The quantitative estimate of drug-likeness (QED) is 0.301. The molecule has 7 nitrogen and oxygen atoms in total. The van der Waals surface area contributed by atoms with Gasteiger partial charge in [0.15, 0.2) is 5.82 Å². The SMILES string of the molecule is CC[C@H](c1nnnn1Cc1ccccc1)N(Cc1ccc(C)cc1)Cc1cc2ccc(C)cc2[nH]c1=O. The molecule has 0 unspecified atom stereocenters. The largest absolute Gasteiger partial charge is 0.322 e. The zero-order valence-corrected chi connectivity index (χ0v) is 21.6. The summed E-state index contributed by atoms with van der Waals surface area (Å²) >= 11 is 0. The van der Waals surface area contributed by atoms with E-state index in [1.807, 2.05) is 41.9 Å². The molecule has 0 bridgehead atoms. The van der Waals surface area contributed by atoms with Gasteiger partial charge in [0.25, 0.3) is 5.56 Å². The first-order valence-corrected chi connectivity index (χ1v) is 12.7. The molecule has 3 aromatic carbocycles. The van der Waals surface area contributed by atoms with Crippen LogP contribution in [0.1, 0.15) is 53.0 Å². The molecule has 2 aromatic heterocycles. The Balaban J connectivity index is 1.52. The van der Waals surface area contributed by atoms with Crippen LogP contribution in [0.5, 0.6) is 0 Å². The zero-order valence-electron chi connectivity index (χ0n) is 21.6. The highest BCUT2D eigenvalue weighted by molar-refractivity contribution is 5.79. The maximum absolute atomic E-state index is 13.2. The summed E-state index contributed by atoms with van der Waals surface area (Å²) < 4.78 is 1.87. The van der Waals surface area contributed by atoms with Crippen LogP contribution in [0.2, 0.25) is 0 Å². The summed E-state index contributed by atoms with van der Waals surface area (Å²) in [4.78, 5) is 18.5. The molecule has 37 heavy (non-hydrogen) atoms. The minimum absolute atomic E-state index is 0.0641. The van der Waals surface area contributed by atoms with Gasteiger partial charge >= 0.3 is 0 Å². The molecule has 1 N–H and O–H groups in total. The number of hydrogen-bond donors (Lipinski definition) is 1. The van der Waals surface area contributed by atoms with Crippen LogP contribution in [-0.4, -0.2) is 30.1 Å². The number of tetrazole rings is 1. The van der Waals surface area contributed by atoms with Crippen LogP contribution >= 0.6 is 0 Å². The van der Waals surface area contributed by atoms with Gasteiger partial charge in [-0.15, -0.1) is 5.10 Å². The minimum atomic E-state index is -0.0758. The molecule has 0 aliphatic carbocycles. The third kappa shape index (κ3) is 5.67. The van der Waals surface area contributed by atoms with Gasteiger partial charge in [-0.05, 0) is 64.9 Å². The van der Waals surface area contributed by atoms with Gasteiger partial charge in [-0.1, -0.05) is 79.2 Å². The minimum Gasteiger partial charge on any atom is -0.322 e. The topological polar surface area (TPSA) is 79.7 Å². The molecule has 0 amide bonds. The smallest absolute Gasteiger partial charge is 0.252 e. The van der Waals surface area contributed by atoms with Crippen molar-refractivity contribution in [3.8, 4) is 0 Å². The lowest BCUT2D eigenvalue weighted by Gasteiger charge is -2.30. The first-order chi connectivity index (χ1) is 18.0. The second-order valence-electron chi connectivity index (χ2n) is 9.71. The van der Waals surface area contributed by atoms with Crippen LogP contribution in [0.25, 0.3) is 10.9 Å². The van der Waals surface area contributed by atoms with E-state index in [4.69, 9.17) is 0 Å². The summed E-state index contributed by atoms with van der Waals surface area (Å²) in [6, 6.07) is 26.8. The summed E-state index contributed by atoms with van der Waals surface area (Å²) in [5.74, 6) is 0.798. The normalized spacial score (nSPS) is 12.3. The van der Waals surface area contributed by atoms with Crippen LogP contribution in [0.3, 0.4) is 0 Å². The van der Waals surface area contributed by atoms with Crippen LogP contribution in [0.4, 0.5) is 0 Å². The number of fused-ring (bicyclic) bond motifs is 1. The van der Waals surface area contributed by atoms with Gasteiger partial charge in [-0.25, -0.2) is 4.68 Å². The number of aromatic nitrogens is 5. The molecule has 0 saturated heterocycles. The van der Waals surface area contributed by atoms with E-state index in [1.54, 1.807) is 0 Å². The van der Waals surface area contributed by atoms with Crippen molar-refractivity contribution >= 4 is 10.9 Å². The number of nitrogens with one attached hydrogen (secondary N) is 1. The third-order valence-corrected chi connectivity index (χ3v) is 6.82. The molecule has 0 fully saturated rings. The van der Waals surface area contributed by atoms with Crippen LogP contribution in [0.15, 0.2) is 83.7 Å². The molecule has 0 saturated carbocycles. The Morgan fingerprint density at radius 3 is 2.41 bits per heavy atom. The van der Waals surface area contributed by atoms with Crippen molar-refractivity contribution in [2.75, 3.05) is 0 Å². The number of aromatic amines is 1. The monoisotopic (exact) mass is 492 g/mol. The molecule has 2 heterocycles. The zero-order chi connectivity index (χ0) is 25.8. The van der Waals surface area contributed by atoms with E-state index < -0.39 is 0 Å². The maximum atomic E-state index is 13.2. The van der Waals surface area contributed by atoms with Crippen molar-refractivity contribution in [1.29, 1.82) is 0 Å². The van der Waals surface area contributed by atoms with E-state index in [9.17, 15) is 4.79 Å². The summed E-state index contributed by atoms with van der Waals surface area (Å²) in [5.41, 5.74) is 6.17. The second-order valence-corrected chi connectivity index (χ2v) is 9.71. The Morgan fingerprint density at radius 1 is 0.892 bits per heavy atom. The second kappa shape index (κ2) is 10.9. The fourth-order valence-electron chi connectivity index (χ4n) is 4.82. The van der Waals surface area contributed by atoms with Crippen LogP contribution in [0, 0.1) is 13.8 Å². The average molecular weight is 493 g/mol. The maximum Gasteiger partial charge on any atom is 0.252 e. The highest BCUT2D eigenvalue weighted by Gasteiger charge is 2.26. The molecule has 5 rings (SSSR count). The Kier molecular flexibility index (Phi) is 7.23. The molecule has 0 aliphatic rings. The van der Waals surface area contributed by atoms with Gasteiger partial charge in [0, 0.05) is 24.2 Å². The first-order valence-electron chi connectivity index (χ1n) is 12.7. The van der Waals surface area contributed by atoms with Crippen molar-refractivity contribution in [2.45, 2.75) is 52.9 Å². The molecule has 7 heteroatoms. The molecule has 188 valence electrons. The lowest BCUT2D eigenvalue weighted by Crippen LogP contribution is -2.32. The summed E-state index contributed by atoms with van der Waals surface area (Å²) in [6.45, 7) is 7.99. The average Bonchev–Trinajstić information content (AvgIpc) is 3.34. The fourth-order valence-corrected chi connectivity index (χ4v) is 4.82. The number of pyridine rings is 1. The Labute approximate surface area is 216 Å². The number of aryl methyl sites for hydroxylation is 2. The van der Waals surface area contributed by atoms with E-state index in [2.05, 4.69) is 87.8 Å². The summed E-state index contributed by atoms with van der Waals surface area (Å²) in [6.07, 6.45) is 0.797. The lowest BCUT2D eigenvalue weighted by molar-refractivity contribution is 0.161. The van der Waals surface area contributed by atoms with E-state index in [0.717, 1.165) is 39.8 Å². The Hall–Kier alpha value is -4.10. The molecular weight excluding hydrogens is 460 g/mol. The predicted molar refractivity (Wildman–Crippen MR) is 146 cm³/mol. The molecule has 5 aromatic rings. The third-order valence-electron chi connectivity index (χ3n) is 6.82. The molecule has 0 spiro atoms. The van der Waals surface area contributed by atoms with Crippen LogP contribution < -0.4 is 5.56 Å². The molecular formula is C30H32N6O. The van der Waals surface area contributed by atoms with Crippen molar-refractivity contribution in [1.82, 2.24) is 30.1 Å². The van der Waals surface area contributed by atoms with Gasteiger partial charge in [0.1, 0.15) is 0 Å². The van der Waals surface area contributed by atoms with Crippen molar-refractivity contribution < 1.29 is 0 Å². The Morgan fingerprint density at radius 2 is 1.65 bits per heavy atom. The van der Waals surface area contributed by atoms with E-state index in [-0.39, 0.29) is 11.6 Å². The lowest BCUT2D eigenvalue weighted by atomic mass is 10.1.